The molecule has 0 saturated carbocycles. The average Bonchev–Trinajstić information content (AvgIpc) is 3.06. The lowest BCUT2D eigenvalue weighted by Gasteiger charge is -2.33. The number of hydrogen-bond acceptors (Lipinski definition) is 5. The molecule has 1 amide bonds. The van der Waals surface area contributed by atoms with Crippen molar-refractivity contribution in [2.24, 2.45) is 0 Å². The summed E-state index contributed by atoms with van der Waals surface area (Å²) in [6, 6.07) is 5.45. The second-order valence-corrected chi connectivity index (χ2v) is 6.56. The third-order valence-electron chi connectivity index (χ3n) is 3.85. The largest absolute Gasteiger partial charge is 0.375 e. The molecular weight excluding hydrogens is 314 g/mol. The zero-order valence-electron chi connectivity index (χ0n) is 12.7. The number of H-pyrrole nitrogens is 1. The Bertz CT molecular complexity index is 699. The maximum absolute atomic E-state index is 12.3. The number of carbonyl (C=O) groups excluding carboxylic acids is 1. The molecule has 1 aliphatic rings. The zero-order valence-corrected chi connectivity index (χ0v) is 13.6. The van der Waals surface area contributed by atoms with E-state index in [2.05, 4.69) is 9.97 Å². The Labute approximate surface area is 138 Å². The minimum atomic E-state index is -0.146. The summed E-state index contributed by atoms with van der Waals surface area (Å²) in [5.74, 6) is 0.148. The highest BCUT2D eigenvalue weighted by Gasteiger charge is 2.24. The number of rotatable bonds is 5. The highest BCUT2D eigenvalue weighted by atomic mass is 32.1. The first-order chi connectivity index (χ1) is 11.2. The molecule has 6 nitrogen and oxygen atoms in total. The van der Waals surface area contributed by atoms with Gasteiger partial charge in [0.05, 0.1) is 25.5 Å². The third kappa shape index (κ3) is 4.49. The third-order valence-corrected chi connectivity index (χ3v) is 4.73. The fraction of sp³-hybridized carbons (Fsp3) is 0.438. The second kappa shape index (κ2) is 7.52. The first kappa shape index (κ1) is 15.9. The van der Waals surface area contributed by atoms with Gasteiger partial charge in [0.1, 0.15) is 0 Å². The molecule has 3 rings (SSSR count). The molecule has 1 aliphatic heterocycles. The lowest BCUT2D eigenvalue weighted by molar-refractivity contribution is -0.138. The van der Waals surface area contributed by atoms with Gasteiger partial charge in [0.2, 0.25) is 5.91 Å². The normalized spacial score (nSPS) is 18.1. The molecule has 1 fully saturated rings. The highest BCUT2D eigenvalue weighted by molar-refractivity contribution is 7.10. The van der Waals surface area contributed by atoms with E-state index in [1.807, 2.05) is 22.4 Å². The topological polar surface area (TPSA) is 75.3 Å². The summed E-state index contributed by atoms with van der Waals surface area (Å²) in [5, 5.41) is 1.99. The predicted octanol–water partition coefficient (Wildman–Crippen LogP) is 1.23. The SMILES string of the molecule is O=C(Cc1cccs1)N1CCOC(CCc2cc(=O)[nH]cn2)C1. The van der Waals surface area contributed by atoms with E-state index in [4.69, 9.17) is 4.74 Å². The maximum Gasteiger partial charge on any atom is 0.250 e. The molecule has 0 aliphatic carbocycles. The maximum atomic E-state index is 12.3. The number of hydrogen-bond donors (Lipinski definition) is 1. The summed E-state index contributed by atoms with van der Waals surface area (Å²) < 4.78 is 5.74. The average molecular weight is 333 g/mol. The van der Waals surface area contributed by atoms with Crippen LogP contribution in [-0.2, 0) is 22.4 Å². The van der Waals surface area contributed by atoms with Crippen LogP contribution >= 0.6 is 11.3 Å². The van der Waals surface area contributed by atoms with E-state index < -0.39 is 0 Å². The van der Waals surface area contributed by atoms with E-state index in [1.54, 1.807) is 11.3 Å². The van der Waals surface area contributed by atoms with E-state index in [-0.39, 0.29) is 17.6 Å². The molecular formula is C16H19N3O3S. The van der Waals surface area contributed by atoms with Gasteiger partial charge < -0.3 is 14.6 Å². The number of nitrogens with zero attached hydrogens (tertiary/aromatic N) is 2. The number of carbonyl (C=O) groups is 1. The molecule has 0 aromatic carbocycles. The Morgan fingerprint density at radius 1 is 1.52 bits per heavy atom. The standard InChI is InChI=1S/C16H19N3O3S/c20-15-8-12(17-11-18-15)3-4-13-10-19(5-6-22-13)16(21)9-14-2-1-7-23-14/h1-2,7-8,11,13H,3-6,9-10H2,(H,17,18,20). The van der Waals surface area contributed by atoms with Crippen LogP contribution < -0.4 is 5.56 Å². The minimum Gasteiger partial charge on any atom is -0.375 e. The van der Waals surface area contributed by atoms with Crippen molar-refractivity contribution in [2.45, 2.75) is 25.4 Å². The van der Waals surface area contributed by atoms with Gasteiger partial charge in [-0.25, -0.2) is 4.98 Å². The fourth-order valence-corrected chi connectivity index (χ4v) is 3.35. The number of aromatic amines is 1. The number of nitrogens with one attached hydrogen (secondary N) is 1. The number of thiophene rings is 1. The van der Waals surface area contributed by atoms with Gasteiger partial charge in [0.15, 0.2) is 0 Å². The first-order valence-electron chi connectivity index (χ1n) is 7.66. The van der Waals surface area contributed by atoms with Crippen LogP contribution in [0.1, 0.15) is 17.0 Å². The summed E-state index contributed by atoms with van der Waals surface area (Å²) in [4.78, 5) is 33.2. The molecule has 1 unspecified atom stereocenters. The van der Waals surface area contributed by atoms with Crippen LogP contribution in [0.3, 0.4) is 0 Å². The Kier molecular flexibility index (Phi) is 5.19. The van der Waals surface area contributed by atoms with E-state index >= 15 is 0 Å². The van der Waals surface area contributed by atoms with Gasteiger partial charge in [-0.1, -0.05) is 6.07 Å². The summed E-state index contributed by atoms with van der Waals surface area (Å²) >= 11 is 1.61. The molecule has 0 radical (unpaired) electrons. The van der Waals surface area contributed by atoms with E-state index in [0.717, 1.165) is 17.0 Å². The van der Waals surface area contributed by atoms with Gasteiger partial charge in [-0.05, 0) is 24.3 Å². The molecule has 1 atom stereocenters. The Balaban J connectivity index is 1.51. The fourth-order valence-electron chi connectivity index (χ4n) is 2.65. The summed E-state index contributed by atoms with van der Waals surface area (Å²) in [5.41, 5.74) is 0.603. The highest BCUT2D eigenvalue weighted by Crippen LogP contribution is 2.15. The molecule has 122 valence electrons. The van der Waals surface area contributed by atoms with E-state index in [9.17, 15) is 9.59 Å². The molecule has 0 bridgehead atoms. The number of ether oxygens (including phenoxy) is 1. The number of aryl methyl sites for hydroxylation is 1. The molecule has 2 aromatic heterocycles. The van der Waals surface area contributed by atoms with Crippen LogP contribution in [0, 0.1) is 0 Å². The van der Waals surface area contributed by atoms with Crippen molar-refractivity contribution in [2.75, 3.05) is 19.7 Å². The molecule has 7 heteroatoms. The van der Waals surface area contributed by atoms with Crippen LogP contribution in [0.4, 0.5) is 0 Å². The van der Waals surface area contributed by atoms with Crippen molar-refractivity contribution in [1.29, 1.82) is 0 Å². The molecule has 3 heterocycles. The van der Waals surface area contributed by atoms with Crippen molar-refractivity contribution in [3.8, 4) is 0 Å². The summed E-state index contributed by atoms with van der Waals surface area (Å²) in [6.07, 6.45) is 3.29. The molecule has 2 aromatic rings. The van der Waals surface area contributed by atoms with Crippen molar-refractivity contribution in [3.05, 3.63) is 50.8 Å². The minimum absolute atomic E-state index is 0.00266. The lowest BCUT2D eigenvalue weighted by atomic mass is 10.1. The lowest BCUT2D eigenvalue weighted by Crippen LogP contribution is -2.46. The van der Waals surface area contributed by atoms with Gasteiger partial charge in [0.25, 0.3) is 5.56 Å². The number of aromatic nitrogens is 2. The Morgan fingerprint density at radius 3 is 3.22 bits per heavy atom. The zero-order chi connectivity index (χ0) is 16.1. The summed E-state index contributed by atoms with van der Waals surface area (Å²) in [6.45, 7) is 1.81. The number of morpholine rings is 1. The van der Waals surface area contributed by atoms with Crippen molar-refractivity contribution >= 4 is 17.2 Å². The quantitative estimate of drug-likeness (QED) is 0.893. The van der Waals surface area contributed by atoms with Crippen LogP contribution in [-0.4, -0.2) is 46.6 Å². The van der Waals surface area contributed by atoms with Crippen molar-refractivity contribution in [1.82, 2.24) is 14.9 Å². The van der Waals surface area contributed by atoms with Crippen molar-refractivity contribution in [3.63, 3.8) is 0 Å². The van der Waals surface area contributed by atoms with Crippen LogP contribution in [0.5, 0.6) is 0 Å². The van der Waals surface area contributed by atoms with E-state index in [0.29, 0.717) is 32.5 Å². The van der Waals surface area contributed by atoms with Gasteiger partial charge in [-0.2, -0.15) is 0 Å². The van der Waals surface area contributed by atoms with Gasteiger partial charge in [0, 0.05) is 29.7 Å². The van der Waals surface area contributed by atoms with Gasteiger partial charge in [-0.3, -0.25) is 9.59 Å². The molecule has 0 spiro atoms. The smallest absolute Gasteiger partial charge is 0.250 e. The first-order valence-corrected chi connectivity index (χ1v) is 8.54. The van der Waals surface area contributed by atoms with E-state index in [1.165, 1.54) is 12.4 Å². The van der Waals surface area contributed by atoms with Crippen LogP contribution in [0.25, 0.3) is 0 Å². The second-order valence-electron chi connectivity index (χ2n) is 5.53. The molecule has 1 saturated heterocycles. The van der Waals surface area contributed by atoms with Crippen LogP contribution in [0.15, 0.2) is 34.7 Å². The molecule has 23 heavy (non-hydrogen) atoms. The molecule has 1 N–H and O–H groups in total. The Hall–Kier alpha value is -1.99. The Morgan fingerprint density at radius 2 is 2.43 bits per heavy atom. The predicted molar refractivity (Wildman–Crippen MR) is 87.5 cm³/mol. The van der Waals surface area contributed by atoms with Crippen molar-refractivity contribution < 1.29 is 9.53 Å². The van der Waals surface area contributed by atoms with Crippen LogP contribution in [0.2, 0.25) is 0 Å². The number of amides is 1. The van der Waals surface area contributed by atoms with Gasteiger partial charge >= 0.3 is 0 Å². The summed E-state index contributed by atoms with van der Waals surface area (Å²) in [7, 11) is 0. The monoisotopic (exact) mass is 333 g/mol. The van der Waals surface area contributed by atoms with Gasteiger partial charge in [-0.15, -0.1) is 11.3 Å².